The summed E-state index contributed by atoms with van der Waals surface area (Å²) in [5.74, 6) is 2.63. The molecule has 1 fully saturated rings. The van der Waals surface area contributed by atoms with Gasteiger partial charge in [0.2, 0.25) is 11.8 Å². The van der Waals surface area contributed by atoms with Gasteiger partial charge < -0.3 is 14.6 Å². The summed E-state index contributed by atoms with van der Waals surface area (Å²) >= 11 is 3.41. The molecule has 6 nitrogen and oxygen atoms in total. The van der Waals surface area contributed by atoms with Crippen molar-refractivity contribution in [1.29, 1.82) is 0 Å². The minimum Gasteiger partial charge on any atom is -0.494 e. The quantitative estimate of drug-likeness (QED) is 0.607. The van der Waals surface area contributed by atoms with Gasteiger partial charge in [0.25, 0.3) is 0 Å². The Morgan fingerprint density at radius 1 is 1.42 bits per heavy atom. The number of amides is 1. The minimum absolute atomic E-state index is 0.0345. The summed E-state index contributed by atoms with van der Waals surface area (Å²) in [6, 6.07) is 7.40. The topological polar surface area (TPSA) is 77.2 Å². The van der Waals surface area contributed by atoms with Crippen LogP contribution in [0.3, 0.4) is 0 Å². The van der Waals surface area contributed by atoms with Gasteiger partial charge in [0, 0.05) is 16.8 Å². The predicted octanol–water partition coefficient (Wildman–Crippen LogP) is 4.38. The summed E-state index contributed by atoms with van der Waals surface area (Å²) in [5, 5.41) is 7.06. The lowest BCUT2D eigenvalue weighted by molar-refractivity contribution is -0.122. The van der Waals surface area contributed by atoms with E-state index < -0.39 is 0 Å². The molecule has 1 unspecified atom stereocenters. The molecule has 1 aliphatic rings. The monoisotopic (exact) mass is 421 g/mol. The molecule has 0 bridgehead atoms. The van der Waals surface area contributed by atoms with Crippen molar-refractivity contribution in [2.45, 2.75) is 51.5 Å². The van der Waals surface area contributed by atoms with Crippen LogP contribution in [0.5, 0.6) is 5.75 Å². The highest BCUT2D eigenvalue weighted by molar-refractivity contribution is 9.10. The van der Waals surface area contributed by atoms with E-state index in [0.717, 1.165) is 28.9 Å². The fourth-order valence-electron chi connectivity index (χ4n) is 2.62. The van der Waals surface area contributed by atoms with Crippen LogP contribution < -0.4 is 10.1 Å². The van der Waals surface area contributed by atoms with Crippen LogP contribution in [0.2, 0.25) is 0 Å². The highest BCUT2D eigenvalue weighted by Crippen LogP contribution is 2.38. The number of carbonyl (C=O) groups is 1. The van der Waals surface area contributed by atoms with Gasteiger partial charge in [-0.3, -0.25) is 4.79 Å². The van der Waals surface area contributed by atoms with E-state index in [1.54, 1.807) is 0 Å². The van der Waals surface area contributed by atoms with E-state index >= 15 is 0 Å². The van der Waals surface area contributed by atoms with Crippen molar-refractivity contribution in [3.63, 3.8) is 0 Å². The van der Waals surface area contributed by atoms with Crippen LogP contribution in [0.15, 0.2) is 33.3 Å². The molecule has 1 aromatic carbocycles. The number of nitrogens with one attached hydrogen (secondary N) is 1. The summed E-state index contributed by atoms with van der Waals surface area (Å²) in [4.78, 5) is 16.8. The normalized spacial score (nSPS) is 15.1. The Morgan fingerprint density at radius 3 is 2.92 bits per heavy atom. The zero-order valence-corrected chi connectivity index (χ0v) is 16.7. The lowest BCUT2D eigenvalue weighted by Crippen LogP contribution is -2.32. The van der Waals surface area contributed by atoms with Gasteiger partial charge in [-0.05, 0) is 43.4 Å². The number of hydrogen-bond acceptors (Lipinski definition) is 5. The fraction of sp³-hybridized carbons (Fsp3) is 0.526. The standard InChI is InChI=1S/C19H24BrN3O3/c1-12(2)17(19-22-18(23-26-19)13-8-9-13)21-16(24)7-4-10-25-15-6-3-5-14(20)11-15/h3,5-6,11-13,17H,4,7-10H2,1-2H3,(H,21,24). The molecule has 0 spiro atoms. The fourth-order valence-corrected chi connectivity index (χ4v) is 3.00. The molecular weight excluding hydrogens is 398 g/mol. The van der Waals surface area contributed by atoms with Crippen molar-refractivity contribution in [3.05, 3.63) is 40.5 Å². The van der Waals surface area contributed by atoms with Gasteiger partial charge in [-0.25, -0.2) is 0 Å². The van der Waals surface area contributed by atoms with Crippen LogP contribution in [0.4, 0.5) is 0 Å². The second-order valence-electron chi connectivity index (χ2n) is 6.96. The summed E-state index contributed by atoms with van der Waals surface area (Å²) < 4.78 is 12.0. The van der Waals surface area contributed by atoms with Crippen molar-refractivity contribution in [1.82, 2.24) is 15.5 Å². The van der Waals surface area contributed by atoms with Crippen LogP contribution in [0.25, 0.3) is 0 Å². The molecule has 1 saturated carbocycles. The molecule has 1 atom stereocenters. The Morgan fingerprint density at radius 2 is 2.23 bits per heavy atom. The molecule has 1 heterocycles. The van der Waals surface area contributed by atoms with Crippen LogP contribution in [0, 0.1) is 5.92 Å². The van der Waals surface area contributed by atoms with Crippen molar-refractivity contribution in [2.75, 3.05) is 6.61 Å². The van der Waals surface area contributed by atoms with Crippen molar-refractivity contribution in [2.24, 2.45) is 5.92 Å². The molecule has 1 aromatic heterocycles. The second kappa shape index (κ2) is 8.66. The highest BCUT2D eigenvalue weighted by atomic mass is 79.9. The molecule has 0 saturated heterocycles. The van der Waals surface area contributed by atoms with E-state index in [-0.39, 0.29) is 17.9 Å². The summed E-state index contributed by atoms with van der Waals surface area (Å²) in [7, 11) is 0. The molecule has 26 heavy (non-hydrogen) atoms. The number of hydrogen-bond donors (Lipinski definition) is 1. The molecule has 1 amide bonds. The maximum Gasteiger partial charge on any atom is 0.249 e. The van der Waals surface area contributed by atoms with Crippen molar-refractivity contribution < 1.29 is 14.1 Å². The van der Waals surface area contributed by atoms with E-state index in [2.05, 4.69) is 31.4 Å². The van der Waals surface area contributed by atoms with Gasteiger partial charge in [0.05, 0.1) is 6.61 Å². The Labute approximate surface area is 161 Å². The number of rotatable bonds is 9. The summed E-state index contributed by atoms with van der Waals surface area (Å²) in [6.45, 7) is 4.55. The lowest BCUT2D eigenvalue weighted by atomic mass is 10.0. The zero-order chi connectivity index (χ0) is 18.5. The van der Waals surface area contributed by atoms with Crippen molar-refractivity contribution >= 4 is 21.8 Å². The Hall–Kier alpha value is -1.89. The zero-order valence-electron chi connectivity index (χ0n) is 15.1. The van der Waals surface area contributed by atoms with Crippen LogP contribution in [-0.2, 0) is 4.79 Å². The first-order chi connectivity index (χ1) is 12.5. The molecule has 3 rings (SSSR count). The molecule has 140 valence electrons. The molecule has 0 radical (unpaired) electrons. The third-order valence-electron chi connectivity index (χ3n) is 4.26. The average molecular weight is 422 g/mol. The lowest BCUT2D eigenvalue weighted by Gasteiger charge is -2.18. The molecule has 1 N–H and O–H groups in total. The van der Waals surface area contributed by atoms with E-state index in [1.807, 2.05) is 38.1 Å². The van der Waals surface area contributed by atoms with E-state index in [0.29, 0.717) is 31.3 Å². The first kappa shape index (κ1) is 18.9. The maximum atomic E-state index is 12.3. The van der Waals surface area contributed by atoms with E-state index in [4.69, 9.17) is 9.26 Å². The van der Waals surface area contributed by atoms with Gasteiger partial charge >= 0.3 is 0 Å². The first-order valence-electron chi connectivity index (χ1n) is 9.04. The molecular formula is C19H24BrN3O3. The maximum absolute atomic E-state index is 12.3. The number of ether oxygens (including phenoxy) is 1. The Bertz CT molecular complexity index is 743. The van der Waals surface area contributed by atoms with Gasteiger partial charge in [-0.15, -0.1) is 0 Å². The predicted molar refractivity (Wildman–Crippen MR) is 101 cm³/mol. The smallest absolute Gasteiger partial charge is 0.249 e. The average Bonchev–Trinajstić information content (AvgIpc) is 3.34. The summed E-state index contributed by atoms with van der Waals surface area (Å²) in [6.07, 6.45) is 3.27. The van der Waals surface area contributed by atoms with Gasteiger partial charge in [-0.2, -0.15) is 4.98 Å². The first-order valence-corrected chi connectivity index (χ1v) is 9.83. The SMILES string of the molecule is CC(C)C(NC(=O)CCCOc1cccc(Br)c1)c1nc(C2CC2)no1. The molecule has 1 aliphatic carbocycles. The largest absolute Gasteiger partial charge is 0.494 e. The van der Waals surface area contributed by atoms with Gasteiger partial charge in [-0.1, -0.05) is 41.0 Å². The number of nitrogens with zero attached hydrogens (tertiary/aromatic N) is 2. The third-order valence-corrected chi connectivity index (χ3v) is 4.76. The number of halogens is 1. The summed E-state index contributed by atoms with van der Waals surface area (Å²) in [5.41, 5.74) is 0. The molecule has 2 aromatic rings. The molecule has 0 aliphatic heterocycles. The van der Waals surface area contributed by atoms with E-state index in [1.165, 1.54) is 0 Å². The van der Waals surface area contributed by atoms with Gasteiger partial charge in [0.15, 0.2) is 5.82 Å². The number of benzene rings is 1. The van der Waals surface area contributed by atoms with Crippen molar-refractivity contribution in [3.8, 4) is 5.75 Å². The van der Waals surface area contributed by atoms with Crippen LogP contribution in [0.1, 0.15) is 63.2 Å². The minimum atomic E-state index is -0.256. The Balaban J connectivity index is 1.45. The number of aromatic nitrogens is 2. The second-order valence-corrected chi connectivity index (χ2v) is 7.88. The highest BCUT2D eigenvalue weighted by Gasteiger charge is 2.31. The molecule has 7 heteroatoms. The third kappa shape index (κ3) is 5.30. The Kier molecular flexibility index (Phi) is 6.29. The van der Waals surface area contributed by atoms with Gasteiger partial charge in [0.1, 0.15) is 11.8 Å². The van der Waals surface area contributed by atoms with E-state index in [9.17, 15) is 4.79 Å². The van der Waals surface area contributed by atoms with Crippen LogP contribution >= 0.6 is 15.9 Å². The number of carbonyl (C=O) groups excluding carboxylic acids is 1. The van der Waals surface area contributed by atoms with Crippen LogP contribution in [-0.4, -0.2) is 22.7 Å².